The summed E-state index contributed by atoms with van der Waals surface area (Å²) in [6.07, 6.45) is 0.689. The quantitative estimate of drug-likeness (QED) is 0.782. The SMILES string of the molecule is Cn1c(=O)n(C)c2cc(CNC(=O)C3COc4ccccc4C3)ccc21. The van der Waals surface area contributed by atoms with Gasteiger partial charge in [-0.05, 0) is 35.7 Å². The minimum Gasteiger partial charge on any atom is -0.492 e. The first-order chi connectivity index (χ1) is 12.5. The third kappa shape index (κ3) is 2.77. The number of aryl methyl sites for hydroxylation is 2. The maximum atomic E-state index is 12.5. The maximum Gasteiger partial charge on any atom is 0.328 e. The van der Waals surface area contributed by atoms with E-state index in [2.05, 4.69) is 5.32 Å². The fourth-order valence-electron chi connectivity index (χ4n) is 3.49. The lowest BCUT2D eigenvalue weighted by atomic mass is 9.96. The van der Waals surface area contributed by atoms with Gasteiger partial charge in [0, 0.05) is 20.6 Å². The molecule has 26 heavy (non-hydrogen) atoms. The number of benzene rings is 2. The van der Waals surface area contributed by atoms with Crippen LogP contribution in [-0.2, 0) is 31.9 Å². The number of amides is 1. The Morgan fingerprint density at radius 2 is 1.92 bits per heavy atom. The Labute approximate surface area is 151 Å². The predicted octanol–water partition coefficient (Wildman–Crippen LogP) is 1.74. The topological polar surface area (TPSA) is 65.3 Å². The number of ether oxygens (including phenoxy) is 1. The molecule has 1 atom stereocenters. The second kappa shape index (κ2) is 6.37. The highest BCUT2D eigenvalue weighted by Crippen LogP contribution is 2.26. The molecule has 2 heterocycles. The molecule has 0 bridgehead atoms. The third-order valence-corrected chi connectivity index (χ3v) is 5.05. The molecule has 6 heteroatoms. The Morgan fingerprint density at radius 1 is 1.15 bits per heavy atom. The lowest BCUT2D eigenvalue weighted by Gasteiger charge is -2.24. The Kier molecular flexibility index (Phi) is 4.03. The van der Waals surface area contributed by atoms with Crippen LogP contribution in [-0.4, -0.2) is 21.6 Å². The summed E-state index contributed by atoms with van der Waals surface area (Å²) in [6, 6.07) is 13.6. The van der Waals surface area contributed by atoms with Crippen molar-refractivity contribution in [3.05, 3.63) is 64.1 Å². The summed E-state index contributed by atoms with van der Waals surface area (Å²) in [4.78, 5) is 24.5. The van der Waals surface area contributed by atoms with Crippen molar-refractivity contribution in [3.8, 4) is 5.75 Å². The third-order valence-electron chi connectivity index (χ3n) is 5.05. The van der Waals surface area contributed by atoms with Crippen LogP contribution in [0, 0.1) is 5.92 Å². The molecule has 0 saturated carbocycles. The average Bonchev–Trinajstić information content (AvgIpc) is 2.89. The number of nitrogens with zero attached hydrogens (tertiary/aromatic N) is 2. The smallest absolute Gasteiger partial charge is 0.328 e. The molecule has 0 saturated heterocycles. The van der Waals surface area contributed by atoms with Gasteiger partial charge in [0.05, 0.1) is 17.0 Å². The number of hydrogen-bond donors (Lipinski definition) is 1. The highest BCUT2D eigenvalue weighted by atomic mass is 16.5. The summed E-state index contributed by atoms with van der Waals surface area (Å²) < 4.78 is 8.93. The molecule has 1 amide bonds. The van der Waals surface area contributed by atoms with Crippen molar-refractivity contribution in [2.24, 2.45) is 20.0 Å². The van der Waals surface area contributed by atoms with Crippen LogP contribution in [0.3, 0.4) is 0 Å². The highest BCUT2D eigenvalue weighted by Gasteiger charge is 2.25. The zero-order valence-corrected chi connectivity index (χ0v) is 14.9. The van der Waals surface area contributed by atoms with Gasteiger partial charge in [0.15, 0.2) is 0 Å². The zero-order chi connectivity index (χ0) is 18.3. The number of carbonyl (C=O) groups excluding carboxylic acids is 1. The van der Waals surface area contributed by atoms with E-state index >= 15 is 0 Å². The Morgan fingerprint density at radius 3 is 2.77 bits per heavy atom. The lowest BCUT2D eigenvalue weighted by molar-refractivity contribution is -0.126. The van der Waals surface area contributed by atoms with Crippen molar-refractivity contribution in [1.29, 1.82) is 0 Å². The van der Waals surface area contributed by atoms with E-state index in [4.69, 9.17) is 4.74 Å². The fourth-order valence-corrected chi connectivity index (χ4v) is 3.49. The standard InChI is InChI=1S/C20H21N3O3/c1-22-16-8-7-13(9-17(16)23(2)20(22)25)11-21-19(24)15-10-14-5-3-4-6-18(14)26-12-15/h3-9,15H,10-12H2,1-2H3,(H,21,24). The molecule has 6 nitrogen and oxygen atoms in total. The number of para-hydroxylation sites is 1. The predicted molar refractivity (Wildman–Crippen MR) is 99.1 cm³/mol. The largest absolute Gasteiger partial charge is 0.492 e. The van der Waals surface area contributed by atoms with Crippen molar-refractivity contribution in [2.75, 3.05) is 6.61 Å². The molecular formula is C20H21N3O3. The van der Waals surface area contributed by atoms with Crippen LogP contribution in [0.2, 0.25) is 0 Å². The zero-order valence-electron chi connectivity index (χ0n) is 14.9. The second-order valence-corrected chi connectivity index (χ2v) is 6.76. The summed E-state index contributed by atoms with van der Waals surface area (Å²) in [7, 11) is 3.51. The molecule has 1 aliphatic heterocycles. The number of nitrogens with one attached hydrogen (secondary N) is 1. The van der Waals surface area contributed by atoms with Crippen molar-refractivity contribution >= 4 is 16.9 Å². The molecule has 1 aliphatic rings. The van der Waals surface area contributed by atoms with E-state index in [0.717, 1.165) is 27.9 Å². The summed E-state index contributed by atoms with van der Waals surface area (Å²) >= 11 is 0. The molecule has 1 N–H and O–H groups in total. The molecule has 1 aromatic heterocycles. The molecule has 3 aromatic rings. The van der Waals surface area contributed by atoms with Crippen molar-refractivity contribution in [1.82, 2.24) is 14.5 Å². The van der Waals surface area contributed by atoms with Gasteiger partial charge in [0.2, 0.25) is 5.91 Å². The molecule has 4 rings (SSSR count). The van der Waals surface area contributed by atoms with E-state index < -0.39 is 0 Å². The first-order valence-corrected chi connectivity index (χ1v) is 8.67. The van der Waals surface area contributed by atoms with E-state index in [1.165, 1.54) is 0 Å². The normalized spacial score (nSPS) is 16.2. The van der Waals surface area contributed by atoms with Gasteiger partial charge in [-0.2, -0.15) is 0 Å². The first-order valence-electron chi connectivity index (χ1n) is 8.67. The highest BCUT2D eigenvalue weighted by molar-refractivity contribution is 5.80. The molecule has 134 valence electrons. The summed E-state index contributed by atoms with van der Waals surface area (Å²) in [6.45, 7) is 0.824. The monoisotopic (exact) mass is 351 g/mol. The van der Waals surface area contributed by atoms with E-state index in [-0.39, 0.29) is 17.5 Å². The fraction of sp³-hybridized carbons (Fsp3) is 0.300. The molecule has 0 radical (unpaired) electrons. The van der Waals surface area contributed by atoms with Gasteiger partial charge in [-0.3, -0.25) is 13.9 Å². The number of fused-ring (bicyclic) bond motifs is 2. The van der Waals surface area contributed by atoms with Gasteiger partial charge in [-0.25, -0.2) is 4.79 Å². The van der Waals surface area contributed by atoms with Gasteiger partial charge in [0.25, 0.3) is 0 Å². The van der Waals surface area contributed by atoms with Crippen LogP contribution in [0.15, 0.2) is 47.3 Å². The summed E-state index contributed by atoms with van der Waals surface area (Å²) in [5.74, 6) is 0.670. The summed E-state index contributed by atoms with van der Waals surface area (Å²) in [5, 5.41) is 2.99. The minimum absolute atomic E-state index is 0.0125. The van der Waals surface area contributed by atoms with E-state index in [0.29, 0.717) is 19.6 Å². The van der Waals surface area contributed by atoms with Crippen molar-refractivity contribution in [3.63, 3.8) is 0 Å². The van der Waals surface area contributed by atoms with Gasteiger partial charge >= 0.3 is 5.69 Å². The Hall–Kier alpha value is -3.02. The van der Waals surface area contributed by atoms with Gasteiger partial charge in [0.1, 0.15) is 12.4 Å². The molecule has 0 spiro atoms. The van der Waals surface area contributed by atoms with Gasteiger partial charge in [-0.15, -0.1) is 0 Å². The van der Waals surface area contributed by atoms with Crippen LogP contribution in [0.1, 0.15) is 11.1 Å². The van der Waals surface area contributed by atoms with Crippen LogP contribution < -0.4 is 15.7 Å². The Bertz CT molecular complexity index is 1050. The maximum absolute atomic E-state index is 12.5. The van der Waals surface area contributed by atoms with Gasteiger partial charge < -0.3 is 10.1 Å². The minimum atomic E-state index is -0.185. The molecule has 0 fully saturated rings. The van der Waals surface area contributed by atoms with E-state index in [9.17, 15) is 9.59 Å². The number of imidazole rings is 1. The number of hydrogen-bond acceptors (Lipinski definition) is 3. The van der Waals surface area contributed by atoms with E-state index in [1.54, 1.807) is 23.2 Å². The van der Waals surface area contributed by atoms with Crippen molar-refractivity contribution < 1.29 is 9.53 Å². The first kappa shape index (κ1) is 16.4. The molecule has 0 aliphatic carbocycles. The Balaban J connectivity index is 1.46. The average molecular weight is 351 g/mol. The molecule has 2 aromatic carbocycles. The van der Waals surface area contributed by atoms with Crippen molar-refractivity contribution in [2.45, 2.75) is 13.0 Å². The van der Waals surface area contributed by atoms with E-state index in [1.807, 2.05) is 42.5 Å². The van der Waals surface area contributed by atoms with Gasteiger partial charge in [-0.1, -0.05) is 24.3 Å². The van der Waals surface area contributed by atoms with Crippen LogP contribution in [0.4, 0.5) is 0 Å². The number of carbonyl (C=O) groups is 1. The second-order valence-electron chi connectivity index (χ2n) is 6.76. The molecule has 1 unspecified atom stereocenters. The number of rotatable bonds is 3. The van der Waals surface area contributed by atoms with Crippen LogP contribution in [0.25, 0.3) is 11.0 Å². The van der Waals surface area contributed by atoms with Crippen LogP contribution >= 0.6 is 0 Å². The summed E-state index contributed by atoms with van der Waals surface area (Å²) in [5.41, 5.74) is 3.71. The van der Waals surface area contributed by atoms with Crippen LogP contribution in [0.5, 0.6) is 5.75 Å². The molecular weight excluding hydrogens is 330 g/mol. The lowest BCUT2D eigenvalue weighted by Crippen LogP contribution is -2.37. The number of aromatic nitrogens is 2.